The summed E-state index contributed by atoms with van der Waals surface area (Å²) in [6.45, 7) is 1.80. The number of carbonyl (C=O) groups is 2. The quantitative estimate of drug-likeness (QED) is 0.943. The van der Waals surface area contributed by atoms with Crippen LogP contribution in [-0.2, 0) is 4.74 Å². The highest BCUT2D eigenvalue weighted by Crippen LogP contribution is 2.15. The van der Waals surface area contributed by atoms with Crippen LogP contribution < -0.4 is 5.32 Å². The van der Waals surface area contributed by atoms with Crippen molar-refractivity contribution in [2.45, 2.75) is 6.92 Å². The van der Waals surface area contributed by atoms with Gasteiger partial charge in [-0.25, -0.2) is 13.6 Å². The molecule has 1 N–H and O–H groups in total. The molecule has 0 fully saturated rings. The molecule has 0 aliphatic heterocycles. The zero-order valence-electron chi connectivity index (χ0n) is 11.0. The Morgan fingerprint density at radius 1 is 1.33 bits per heavy atom. The Morgan fingerprint density at radius 3 is 2.62 bits per heavy atom. The van der Waals surface area contributed by atoms with Crippen molar-refractivity contribution in [2.75, 3.05) is 11.9 Å². The highest BCUT2D eigenvalue weighted by atomic mass is 19.1. The second-order valence-electron chi connectivity index (χ2n) is 3.92. The standard InChI is InChI=1S/C13H11F2N3O3/c1-2-21-13(20)18-7-8(6-16-18)17-12(19)11-9(14)4-3-5-10(11)15/h3-7H,2H2,1H3,(H,17,19). The molecule has 0 radical (unpaired) electrons. The summed E-state index contributed by atoms with van der Waals surface area (Å²) in [5, 5.41) is 5.91. The van der Waals surface area contributed by atoms with Crippen molar-refractivity contribution in [3.05, 3.63) is 47.8 Å². The molecular formula is C13H11F2N3O3. The minimum absolute atomic E-state index is 0.107. The number of anilines is 1. The lowest BCUT2D eigenvalue weighted by Gasteiger charge is -2.04. The second kappa shape index (κ2) is 6.12. The van der Waals surface area contributed by atoms with Gasteiger partial charge in [0.25, 0.3) is 5.91 Å². The molecule has 1 aromatic heterocycles. The van der Waals surface area contributed by atoms with E-state index in [9.17, 15) is 18.4 Å². The van der Waals surface area contributed by atoms with E-state index in [0.717, 1.165) is 29.1 Å². The van der Waals surface area contributed by atoms with Crippen LogP contribution in [0.15, 0.2) is 30.6 Å². The molecule has 0 aliphatic rings. The van der Waals surface area contributed by atoms with E-state index in [1.165, 1.54) is 6.20 Å². The van der Waals surface area contributed by atoms with E-state index in [2.05, 4.69) is 10.4 Å². The minimum atomic E-state index is -0.981. The summed E-state index contributed by atoms with van der Waals surface area (Å²) in [6.07, 6.45) is 1.61. The topological polar surface area (TPSA) is 73.2 Å². The summed E-state index contributed by atoms with van der Waals surface area (Å²) in [4.78, 5) is 23.2. The van der Waals surface area contributed by atoms with Gasteiger partial charge in [-0.2, -0.15) is 9.78 Å². The van der Waals surface area contributed by atoms with Crippen LogP contribution in [0.3, 0.4) is 0 Å². The Morgan fingerprint density at radius 2 is 2.00 bits per heavy atom. The number of aromatic nitrogens is 2. The molecular weight excluding hydrogens is 284 g/mol. The molecule has 1 heterocycles. The first-order valence-electron chi connectivity index (χ1n) is 6.00. The fourth-order valence-electron chi connectivity index (χ4n) is 1.59. The largest absolute Gasteiger partial charge is 0.448 e. The molecule has 21 heavy (non-hydrogen) atoms. The molecule has 0 saturated carbocycles. The smallest absolute Gasteiger partial charge is 0.434 e. The summed E-state index contributed by atoms with van der Waals surface area (Å²) in [5.74, 6) is -2.94. The van der Waals surface area contributed by atoms with Gasteiger partial charge >= 0.3 is 6.09 Å². The number of benzene rings is 1. The van der Waals surface area contributed by atoms with Crippen molar-refractivity contribution in [3.63, 3.8) is 0 Å². The van der Waals surface area contributed by atoms with Crippen molar-refractivity contribution in [2.24, 2.45) is 0 Å². The summed E-state index contributed by atoms with van der Waals surface area (Å²) in [7, 11) is 0. The molecule has 110 valence electrons. The first-order valence-corrected chi connectivity index (χ1v) is 6.00. The number of hydrogen-bond donors (Lipinski definition) is 1. The summed E-state index contributed by atoms with van der Waals surface area (Å²) in [5.41, 5.74) is -0.600. The number of amides is 1. The average Bonchev–Trinajstić information content (AvgIpc) is 2.87. The third kappa shape index (κ3) is 3.22. The average molecular weight is 295 g/mol. The molecule has 2 aromatic rings. The van der Waals surface area contributed by atoms with Crippen molar-refractivity contribution in [1.29, 1.82) is 0 Å². The number of halogens is 2. The van der Waals surface area contributed by atoms with Gasteiger partial charge in [-0.15, -0.1) is 0 Å². The third-order valence-electron chi connectivity index (χ3n) is 2.49. The number of nitrogens with one attached hydrogen (secondary N) is 1. The predicted molar refractivity (Wildman–Crippen MR) is 69.0 cm³/mol. The van der Waals surface area contributed by atoms with E-state index in [1.54, 1.807) is 6.92 Å². The van der Waals surface area contributed by atoms with Gasteiger partial charge < -0.3 is 10.1 Å². The van der Waals surface area contributed by atoms with Gasteiger partial charge in [0.1, 0.15) is 17.2 Å². The molecule has 8 heteroatoms. The number of carbonyl (C=O) groups excluding carboxylic acids is 2. The first-order chi connectivity index (χ1) is 10.0. The zero-order chi connectivity index (χ0) is 15.4. The lowest BCUT2D eigenvalue weighted by Crippen LogP contribution is -2.16. The Kier molecular flexibility index (Phi) is 4.27. The van der Waals surface area contributed by atoms with E-state index >= 15 is 0 Å². The van der Waals surface area contributed by atoms with Crippen LogP contribution in [0.4, 0.5) is 19.3 Å². The highest BCUT2D eigenvalue weighted by Gasteiger charge is 2.18. The van der Waals surface area contributed by atoms with Crippen LogP contribution in [0.1, 0.15) is 17.3 Å². The van der Waals surface area contributed by atoms with Crippen LogP contribution in [0.25, 0.3) is 0 Å². The number of nitrogens with zero attached hydrogens (tertiary/aromatic N) is 2. The first kappa shape index (κ1) is 14.6. The molecule has 6 nitrogen and oxygen atoms in total. The third-order valence-corrected chi connectivity index (χ3v) is 2.49. The highest BCUT2D eigenvalue weighted by molar-refractivity contribution is 6.04. The Bertz CT molecular complexity index is 665. The molecule has 1 amide bonds. The Hall–Kier alpha value is -2.77. The maximum atomic E-state index is 13.4. The van der Waals surface area contributed by atoms with Crippen molar-refractivity contribution in [3.8, 4) is 0 Å². The van der Waals surface area contributed by atoms with Gasteiger partial charge in [0, 0.05) is 0 Å². The molecule has 0 saturated heterocycles. The van der Waals surface area contributed by atoms with Crippen molar-refractivity contribution >= 4 is 17.7 Å². The zero-order valence-corrected chi connectivity index (χ0v) is 11.0. The van der Waals surface area contributed by atoms with E-state index in [0.29, 0.717) is 0 Å². The molecule has 0 bridgehead atoms. The van der Waals surface area contributed by atoms with Gasteiger partial charge in [0.2, 0.25) is 0 Å². The van der Waals surface area contributed by atoms with E-state index < -0.39 is 29.2 Å². The summed E-state index contributed by atoms with van der Waals surface area (Å²) in [6, 6.07) is 3.10. The number of rotatable bonds is 3. The molecule has 0 aliphatic carbocycles. The molecule has 0 atom stereocenters. The van der Waals surface area contributed by atoms with Crippen molar-refractivity contribution < 1.29 is 23.1 Å². The second-order valence-corrected chi connectivity index (χ2v) is 3.92. The number of ether oxygens (including phenoxy) is 1. The van der Waals surface area contributed by atoms with Crippen LogP contribution in [0, 0.1) is 11.6 Å². The molecule has 2 rings (SSSR count). The van der Waals surface area contributed by atoms with Crippen LogP contribution in [-0.4, -0.2) is 28.4 Å². The Balaban J connectivity index is 2.15. The fraction of sp³-hybridized carbons (Fsp3) is 0.154. The van der Waals surface area contributed by atoms with Gasteiger partial charge in [-0.3, -0.25) is 4.79 Å². The maximum Gasteiger partial charge on any atom is 0.434 e. The summed E-state index contributed by atoms with van der Waals surface area (Å²) < 4.78 is 32.4. The minimum Gasteiger partial charge on any atom is -0.448 e. The Labute approximate surface area is 118 Å². The lowest BCUT2D eigenvalue weighted by atomic mass is 10.2. The van der Waals surface area contributed by atoms with Crippen LogP contribution >= 0.6 is 0 Å². The normalized spacial score (nSPS) is 10.2. The lowest BCUT2D eigenvalue weighted by molar-refractivity contribution is 0.101. The molecule has 0 unspecified atom stereocenters. The van der Waals surface area contributed by atoms with Gasteiger partial charge in [-0.1, -0.05) is 6.07 Å². The van der Waals surface area contributed by atoms with Crippen LogP contribution in [0.2, 0.25) is 0 Å². The van der Waals surface area contributed by atoms with Crippen molar-refractivity contribution in [1.82, 2.24) is 9.78 Å². The van der Waals surface area contributed by atoms with Gasteiger partial charge in [-0.05, 0) is 19.1 Å². The SMILES string of the molecule is CCOC(=O)n1cc(NC(=O)c2c(F)cccc2F)cn1. The van der Waals surface area contributed by atoms with Gasteiger partial charge in [0.15, 0.2) is 0 Å². The molecule has 1 aromatic carbocycles. The maximum absolute atomic E-state index is 13.4. The van der Waals surface area contributed by atoms with E-state index in [1.807, 2.05) is 0 Å². The van der Waals surface area contributed by atoms with Crippen LogP contribution in [0.5, 0.6) is 0 Å². The van der Waals surface area contributed by atoms with E-state index in [-0.39, 0.29) is 12.3 Å². The molecule has 0 spiro atoms. The predicted octanol–water partition coefficient (Wildman–Crippen LogP) is 2.42. The van der Waals surface area contributed by atoms with Gasteiger partial charge in [0.05, 0.1) is 24.7 Å². The monoisotopic (exact) mass is 295 g/mol. The fourth-order valence-corrected chi connectivity index (χ4v) is 1.59. The summed E-state index contributed by atoms with van der Waals surface area (Å²) >= 11 is 0. The number of hydrogen-bond acceptors (Lipinski definition) is 4. The van der Waals surface area contributed by atoms with E-state index in [4.69, 9.17) is 4.74 Å².